The van der Waals surface area contributed by atoms with Crippen LogP contribution in [0.25, 0.3) is 0 Å². The molecule has 27 heavy (non-hydrogen) atoms. The molecular formula is C19H22FN3O4. The number of ether oxygens (including phenoxy) is 1. The van der Waals surface area contributed by atoms with Gasteiger partial charge in [0.05, 0.1) is 6.61 Å². The Hall–Kier alpha value is -2.90. The van der Waals surface area contributed by atoms with E-state index < -0.39 is 11.2 Å². The van der Waals surface area contributed by atoms with Crippen molar-refractivity contribution in [2.45, 2.75) is 25.8 Å². The van der Waals surface area contributed by atoms with E-state index in [2.05, 4.69) is 4.98 Å². The second-order valence-corrected chi connectivity index (χ2v) is 6.67. The zero-order chi connectivity index (χ0) is 19.2. The van der Waals surface area contributed by atoms with E-state index >= 15 is 0 Å². The van der Waals surface area contributed by atoms with Gasteiger partial charge in [-0.05, 0) is 25.0 Å². The predicted molar refractivity (Wildman–Crippen MR) is 97.1 cm³/mol. The molecule has 1 aliphatic rings. The van der Waals surface area contributed by atoms with Crippen LogP contribution in [0, 0.1) is 11.7 Å². The van der Waals surface area contributed by atoms with E-state index in [0.717, 1.165) is 12.8 Å². The lowest BCUT2D eigenvalue weighted by Crippen LogP contribution is -2.42. The van der Waals surface area contributed by atoms with Gasteiger partial charge in [0.15, 0.2) is 0 Å². The van der Waals surface area contributed by atoms with Gasteiger partial charge in [-0.25, -0.2) is 9.18 Å². The third-order valence-electron chi connectivity index (χ3n) is 4.62. The number of H-pyrrole nitrogens is 1. The standard InChI is InChI=1S/C19H22FN3O4/c20-15-4-1-5-16(11-15)27-13-14-3-2-8-23(12-14)18(25)7-10-22-9-6-17(24)21-19(22)26/h1,4-6,9,11,14H,2-3,7-8,10,12-13H2,(H,21,24,26)/t14-/m0/s1. The second-order valence-electron chi connectivity index (χ2n) is 6.67. The Kier molecular flexibility index (Phi) is 6.05. The third-order valence-corrected chi connectivity index (χ3v) is 4.62. The summed E-state index contributed by atoms with van der Waals surface area (Å²) in [6.07, 6.45) is 3.39. The number of carbonyl (C=O) groups is 1. The quantitative estimate of drug-likeness (QED) is 0.827. The normalized spacial score (nSPS) is 16.9. The number of likely N-dealkylation sites (tertiary alicyclic amines) is 1. The van der Waals surface area contributed by atoms with Crippen LogP contribution in [0.3, 0.4) is 0 Å². The molecule has 0 spiro atoms. The first-order valence-electron chi connectivity index (χ1n) is 8.97. The maximum Gasteiger partial charge on any atom is 0.328 e. The molecule has 3 rings (SSSR count). The molecule has 1 N–H and O–H groups in total. The molecule has 1 atom stereocenters. The van der Waals surface area contributed by atoms with Crippen LogP contribution in [-0.2, 0) is 11.3 Å². The van der Waals surface area contributed by atoms with Gasteiger partial charge in [0.1, 0.15) is 11.6 Å². The number of nitrogens with one attached hydrogen (secondary N) is 1. The maximum atomic E-state index is 13.2. The van der Waals surface area contributed by atoms with Crippen molar-refractivity contribution < 1.29 is 13.9 Å². The van der Waals surface area contributed by atoms with Crippen LogP contribution in [-0.4, -0.2) is 40.1 Å². The van der Waals surface area contributed by atoms with Crippen molar-refractivity contribution in [2.75, 3.05) is 19.7 Å². The topological polar surface area (TPSA) is 84.4 Å². The molecule has 1 aliphatic heterocycles. The summed E-state index contributed by atoms with van der Waals surface area (Å²) in [5.74, 6) is 0.284. The summed E-state index contributed by atoms with van der Waals surface area (Å²) in [5, 5.41) is 0. The molecule has 7 nitrogen and oxygen atoms in total. The van der Waals surface area contributed by atoms with Crippen molar-refractivity contribution in [1.29, 1.82) is 0 Å². The van der Waals surface area contributed by atoms with Gasteiger partial charge in [-0.1, -0.05) is 6.07 Å². The van der Waals surface area contributed by atoms with E-state index in [1.54, 1.807) is 17.0 Å². The SMILES string of the molecule is O=C(CCn1ccc(=O)[nH]c1=O)N1CCC[C@H](COc2cccc(F)c2)C1. The zero-order valence-corrected chi connectivity index (χ0v) is 14.9. The van der Waals surface area contributed by atoms with Crippen molar-refractivity contribution >= 4 is 5.91 Å². The number of hydrogen-bond acceptors (Lipinski definition) is 4. The lowest BCUT2D eigenvalue weighted by Gasteiger charge is -2.32. The summed E-state index contributed by atoms with van der Waals surface area (Å²) < 4.78 is 20.2. The number of piperidine rings is 1. The van der Waals surface area contributed by atoms with Crippen LogP contribution in [0.15, 0.2) is 46.1 Å². The fourth-order valence-electron chi connectivity index (χ4n) is 3.19. The number of aromatic amines is 1. The van der Waals surface area contributed by atoms with Gasteiger partial charge in [-0.2, -0.15) is 0 Å². The smallest absolute Gasteiger partial charge is 0.328 e. The summed E-state index contributed by atoms with van der Waals surface area (Å²) >= 11 is 0. The summed E-state index contributed by atoms with van der Waals surface area (Å²) in [4.78, 5) is 39.1. The Balaban J connectivity index is 1.50. The number of amides is 1. The molecule has 8 heteroatoms. The predicted octanol–water partition coefficient (Wildman–Crippen LogP) is 1.38. The number of rotatable bonds is 6. The summed E-state index contributed by atoms with van der Waals surface area (Å²) in [7, 11) is 0. The number of benzene rings is 1. The third kappa shape index (κ3) is 5.29. The summed E-state index contributed by atoms with van der Waals surface area (Å²) in [6, 6.07) is 7.26. The highest BCUT2D eigenvalue weighted by molar-refractivity contribution is 5.76. The van der Waals surface area contributed by atoms with Gasteiger partial charge in [-0.3, -0.25) is 14.6 Å². The number of aromatic nitrogens is 2. The average Bonchev–Trinajstić information content (AvgIpc) is 2.66. The molecule has 2 heterocycles. The highest BCUT2D eigenvalue weighted by Crippen LogP contribution is 2.20. The zero-order valence-electron chi connectivity index (χ0n) is 14.9. The van der Waals surface area contributed by atoms with E-state index in [9.17, 15) is 18.8 Å². The van der Waals surface area contributed by atoms with E-state index in [1.165, 1.54) is 29.0 Å². The van der Waals surface area contributed by atoms with Crippen LogP contribution >= 0.6 is 0 Å². The first-order chi connectivity index (χ1) is 13.0. The minimum atomic E-state index is -0.518. The largest absolute Gasteiger partial charge is 0.493 e. The lowest BCUT2D eigenvalue weighted by molar-refractivity contribution is -0.133. The molecule has 0 saturated carbocycles. The van der Waals surface area contributed by atoms with Gasteiger partial charge >= 0.3 is 5.69 Å². The molecule has 1 amide bonds. The summed E-state index contributed by atoms with van der Waals surface area (Å²) in [5.41, 5.74) is -0.977. The Bertz CT molecular complexity index is 908. The van der Waals surface area contributed by atoms with Crippen molar-refractivity contribution in [1.82, 2.24) is 14.5 Å². The molecule has 1 aromatic heterocycles. The van der Waals surface area contributed by atoms with Gasteiger partial charge < -0.3 is 14.2 Å². The van der Waals surface area contributed by atoms with Crippen LogP contribution in [0.5, 0.6) is 5.75 Å². The molecule has 1 fully saturated rings. The lowest BCUT2D eigenvalue weighted by atomic mass is 9.98. The van der Waals surface area contributed by atoms with E-state index in [-0.39, 0.29) is 30.6 Å². The van der Waals surface area contributed by atoms with E-state index in [0.29, 0.717) is 25.4 Å². The molecule has 0 unspecified atom stereocenters. The van der Waals surface area contributed by atoms with Gasteiger partial charge in [0.25, 0.3) is 5.56 Å². The van der Waals surface area contributed by atoms with Crippen LogP contribution < -0.4 is 16.0 Å². The van der Waals surface area contributed by atoms with Crippen LogP contribution in [0.1, 0.15) is 19.3 Å². The van der Waals surface area contributed by atoms with Crippen LogP contribution in [0.2, 0.25) is 0 Å². The molecule has 0 bridgehead atoms. The average molecular weight is 375 g/mol. The number of nitrogens with zero attached hydrogens (tertiary/aromatic N) is 2. The fourth-order valence-corrected chi connectivity index (χ4v) is 3.19. The van der Waals surface area contributed by atoms with Crippen molar-refractivity contribution in [2.24, 2.45) is 5.92 Å². The van der Waals surface area contributed by atoms with Crippen LogP contribution in [0.4, 0.5) is 4.39 Å². The Labute approximate surface area is 155 Å². The molecule has 1 saturated heterocycles. The van der Waals surface area contributed by atoms with Crippen molar-refractivity contribution in [3.8, 4) is 5.75 Å². The number of halogens is 1. The molecule has 0 radical (unpaired) electrons. The first-order valence-corrected chi connectivity index (χ1v) is 8.97. The number of aryl methyl sites for hydroxylation is 1. The molecule has 2 aromatic rings. The second kappa shape index (κ2) is 8.66. The maximum absolute atomic E-state index is 13.2. The minimum absolute atomic E-state index is 0.0384. The van der Waals surface area contributed by atoms with E-state index in [1.807, 2.05) is 0 Å². The fraction of sp³-hybridized carbons (Fsp3) is 0.421. The monoisotopic (exact) mass is 375 g/mol. The summed E-state index contributed by atoms with van der Waals surface area (Å²) in [6.45, 7) is 1.90. The highest BCUT2D eigenvalue weighted by Gasteiger charge is 2.24. The molecular weight excluding hydrogens is 353 g/mol. The Morgan fingerprint density at radius 1 is 1.30 bits per heavy atom. The van der Waals surface area contributed by atoms with Crippen molar-refractivity contribution in [3.05, 3.63) is 63.2 Å². The molecule has 1 aromatic carbocycles. The number of carbonyl (C=O) groups excluding carboxylic acids is 1. The van der Waals surface area contributed by atoms with E-state index in [4.69, 9.17) is 4.74 Å². The van der Waals surface area contributed by atoms with Gasteiger partial charge in [0, 0.05) is 50.3 Å². The Morgan fingerprint density at radius 2 is 2.15 bits per heavy atom. The van der Waals surface area contributed by atoms with Crippen molar-refractivity contribution in [3.63, 3.8) is 0 Å². The number of hydrogen-bond donors (Lipinski definition) is 1. The van der Waals surface area contributed by atoms with Gasteiger partial charge in [0.2, 0.25) is 5.91 Å². The first kappa shape index (κ1) is 18.9. The highest BCUT2D eigenvalue weighted by atomic mass is 19.1. The van der Waals surface area contributed by atoms with Gasteiger partial charge in [-0.15, -0.1) is 0 Å². The Morgan fingerprint density at radius 3 is 2.93 bits per heavy atom. The molecule has 144 valence electrons. The minimum Gasteiger partial charge on any atom is -0.493 e. The molecule has 0 aliphatic carbocycles.